The molecule has 1 saturated heterocycles. The maximum absolute atomic E-state index is 13.6. The number of piperazine rings is 1. The van der Waals surface area contributed by atoms with Gasteiger partial charge >= 0.3 is 0 Å². The molecule has 0 bridgehead atoms. The first-order chi connectivity index (χ1) is 18.6. The van der Waals surface area contributed by atoms with E-state index in [0.29, 0.717) is 17.9 Å². The number of rotatable bonds is 6. The fraction of sp³-hybridized carbons (Fsp3) is 0.267. The zero-order chi connectivity index (χ0) is 26.1. The SMILES string of the molecule is Cc1cc(C)c2[nH]c(=O)c(C(c3nnnn3Cc3ccccc3)N3CCN(c4ccccc4)CC3)cc2c1. The van der Waals surface area contributed by atoms with Crippen molar-refractivity contribution in [1.29, 1.82) is 0 Å². The molecule has 1 N–H and O–H groups in total. The van der Waals surface area contributed by atoms with Gasteiger partial charge in [-0.3, -0.25) is 9.69 Å². The first-order valence-electron chi connectivity index (χ1n) is 13.0. The standard InChI is InChI=1S/C30H31N7O/c1-21-17-22(2)27-24(18-21)19-26(30(38)31-27)28(29-32-33-34-37(29)20-23-9-5-3-6-10-23)36-15-13-35(14-16-36)25-11-7-4-8-12-25/h3-12,17-19,28H,13-16,20H2,1-2H3,(H,31,38). The van der Waals surface area contributed by atoms with Gasteiger partial charge in [-0.2, -0.15) is 0 Å². The molecule has 1 fully saturated rings. The molecule has 6 rings (SSSR count). The molecule has 2 aromatic heterocycles. The smallest absolute Gasteiger partial charge is 0.253 e. The molecule has 3 aromatic carbocycles. The van der Waals surface area contributed by atoms with E-state index in [0.717, 1.165) is 53.8 Å². The number of nitrogens with one attached hydrogen (secondary N) is 1. The van der Waals surface area contributed by atoms with E-state index in [1.165, 1.54) is 5.69 Å². The van der Waals surface area contributed by atoms with Crippen molar-refractivity contribution in [1.82, 2.24) is 30.1 Å². The number of tetrazole rings is 1. The Hall–Kier alpha value is -4.30. The van der Waals surface area contributed by atoms with Crippen LogP contribution in [0.3, 0.4) is 0 Å². The number of fused-ring (bicyclic) bond motifs is 1. The molecular weight excluding hydrogens is 474 g/mol. The average Bonchev–Trinajstić information content (AvgIpc) is 3.38. The van der Waals surface area contributed by atoms with Crippen LogP contribution in [0.2, 0.25) is 0 Å². The van der Waals surface area contributed by atoms with Crippen molar-refractivity contribution < 1.29 is 0 Å². The predicted molar refractivity (Wildman–Crippen MR) is 149 cm³/mol. The van der Waals surface area contributed by atoms with E-state index in [4.69, 9.17) is 0 Å². The van der Waals surface area contributed by atoms with Gasteiger partial charge in [0, 0.05) is 37.4 Å². The summed E-state index contributed by atoms with van der Waals surface area (Å²) in [6, 6.07) is 26.5. The predicted octanol–water partition coefficient (Wildman–Crippen LogP) is 4.09. The first-order valence-corrected chi connectivity index (χ1v) is 13.0. The van der Waals surface area contributed by atoms with E-state index in [2.05, 4.69) is 85.8 Å². The Kier molecular flexibility index (Phi) is 6.47. The van der Waals surface area contributed by atoms with E-state index in [1.54, 1.807) is 0 Å². The summed E-state index contributed by atoms with van der Waals surface area (Å²) in [7, 11) is 0. The van der Waals surface area contributed by atoms with Gasteiger partial charge < -0.3 is 9.88 Å². The van der Waals surface area contributed by atoms with E-state index < -0.39 is 0 Å². The summed E-state index contributed by atoms with van der Waals surface area (Å²) in [5, 5.41) is 13.9. The van der Waals surface area contributed by atoms with Gasteiger partial charge in [0.2, 0.25) is 0 Å². The van der Waals surface area contributed by atoms with Crippen LogP contribution in [0.5, 0.6) is 0 Å². The second-order valence-electron chi connectivity index (χ2n) is 10.0. The molecule has 1 aliphatic rings. The Morgan fingerprint density at radius 3 is 2.34 bits per heavy atom. The lowest BCUT2D eigenvalue weighted by molar-refractivity contribution is 0.200. The van der Waals surface area contributed by atoms with Crippen LogP contribution in [0.25, 0.3) is 10.9 Å². The molecule has 38 heavy (non-hydrogen) atoms. The summed E-state index contributed by atoms with van der Waals surface area (Å²) in [4.78, 5) is 21.5. The van der Waals surface area contributed by atoms with Crippen molar-refractivity contribution in [2.75, 3.05) is 31.1 Å². The third-order valence-electron chi connectivity index (χ3n) is 7.40. The summed E-state index contributed by atoms with van der Waals surface area (Å²) < 4.78 is 1.83. The van der Waals surface area contributed by atoms with Gasteiger partial charge in [-0.25, -0.2) is 4.68 Å². The van der Waals surface area contributed by atoms with Gasteiger partial charge in [0.15, 0.2) is 5.82 Å². The molecule has 0 amide bonds. The number of hydrogen-bond donors (Lipinski definition) is 1. The van der Waals surface area contributed by atoms with E-state index in [-0.39, 0.29) is 11.6 Å². The number of H-pyrrole nitrogens is 1. The number of aromatic nitrogens is 5. The molecule has 1 atom stereocenters. The lowest BCUT2D eigenvalue weighted by atomic mass is 10.00. The highest BCUT2D eigenvalue weighted by atomic mass is 16.1. The van der Waals surface area contributed by atoms with Crippen LogP contribution in [0.15, 0.2) is 83.7 Å². The van der Waals surface area contributed by atoms with E-state index >= 15 is 0 Å². The first kappa shape index (κ1) is 24.1. The quantitative estimate of drug-likeness (QED) is 0.374. The highest BCUT2D eigenvalue weighted by Gasteiger charge is 2.33. The molecule has 3 heterocycles. The second kappa shape index (κ2) is 10.2. The molecule has 0 spiro atoms. The van der Waals surface area contributed by atoms with E-state index in [1.807, 2.05) is 41.9 Å². The minimum Gasteiger partial charge on any atom is -0.369 e. The molecule has 192 valence electrons. The number of aromatic amines is 1. The molecule has 5 aromatic rings. The van der Waals surface area contributed by atoms with Gasteiger partial charge in [0.05, 0.1) is 12.1 Å². The molecule has 1 aliphatic heterocycles. The average molecular weight is 506 g/mol. The fourth-order valence-corrected chi connectivity index (χ4v) is 5.56. The Balaban J connectivity index is 1.41. The number of para-hydroxylation sites is 1. The maximum atomic E-state index is 13.6. The zero-order valence-electron chi connectivity index (χ0n) is 21.7. The largest absolute Gasteiger partial charge is 0.369 e. The Labute approximate surface area is 221 Å². The van der Waals surface area contributed by atoms with Crippen LogP contribution in [0, 0.1) is 13.8 Å². The van der Waals surface area contributed by atoms with Gasteiger partial charge in [0.25, 0.3) is 5.56 Å². The van der Waals surface area contributed by atoms with Gasteiger partial charge in [0.1, 0.15) is 6.04 Å². The number of hydrogen-bond acceptors (Lipinski definition) is 6. The van der Waals surface area contributed by atoms with Gasteiger partial charge in [-0.05, 0) is 65.1 Å². The van der Waals surface area contributed by atoms with Crippen molar-refractivity contribution in [3.8, 4) is 0 Å². The third kappa shape index (κ3) is 4.70. The molecule has 1 unspecified atom stereocenters. The van der Waals surface area contributed by atoms with Crippen LogP contribution in [0.4, 0.5) is 5.69 Å². The van der Waals surface area contributed by atoms with Crippen LogP contribution < -0.4 is 10.5 Å². The highest BCUT2D eigenvalue weighted by Crippen LogP contribution is 2.30. The lowest BCUT2D eigenvalue weighted by Crippen LogP contribution is -2.49. The Morgan fingerprint density at radius 2 is 1.61 bits per heavy atom. The number of nitrogens with zero attached hydrogens (tertiary/aromatic N) is 6. The number of anilines is 1. The summed E-state index contributed by atoms with van der Waals surface area (Å²) in [6.45, 7) is 7.91. The summed E-state index contributed by atoms with van der Waals surface area (Å²) >= 11 is 0. The molecule has 8 heteroatoms. The number of benzene rings is 3. The summed E-state index contributed by atoms with van der Waals surface area (Å²) in [5.74, 6) is 0.677. The van der Waals surface area contributed by atoms with Gasteiger partial charge in [-0.15, -0.1) is 5.10 Å². The second-order valence-corrected chi connectivity index (χ2v) is 10.0. The normalized spacial score (nSPS) is 15.2. The van der Waals surface area contributed by atoms with Crippen molar-refractivity contribution in [2.24, 2.45) is 0 Å². The minimum atomic E-state index is -0.374. The number of aryl methyl sites for hydroxylation is 2. The van der Waals surface area contributed by atoms with Gasteiger partial charge in [-0.1, -0.05) is 60.2 Å². The van der Waals surface area contributed by atoms with Crippen molar-refractivity contribution in [3.63, 3.8) is 0 Å². The topological polar surface area (TPSA) is 82.9 Å². The summed E-state index contributed by atoms with van der Waals surface area (Å²) in [6.07, 6.45) is 0. The molecule has 8 nitrogen and oxygen atoms in total. The number of pyridine rings is 1. The van der Waals surface area contributed by atoms with Crippen molar-refractivity contribution >= 4 is 16.6 Å². The fourth-order valence-electron chi connectivity index (χ4n) is 5.56. The monoisotopic (exact) mass is 505 g/mol. The molecular formula is C30H31N7O. The third-order valence-corrected chi connectivity index (χ3v) is 7.40. The highest BCUT2D eigenvalue weighted by molar-refractivity contribution is 5.83. The lowest BCUT2D eigenvalue weighted by Gasteiger charge is -2.39. The van der Waals surface area contributed by atoms with Crippen molar-refractivity contribution in [2.45, 2.75) is 26.4 Å². The van der Waals surface area contributed by atoms with E-state index in [9.17, 15) is 4.79 Å². The molecule has 0 radical (unpaired) electrons. The molecule has 0 aliphatic carbocycles. The zero-order valence-corrected chi connectivity index (χ0v) is 21.7. The van der Waals surface area contributed by atoms with Crippen LogP contribution in [-0.2, 0) is 6.54 Å². The maximum Gasteiger partial charge on any atom is 0.253 e. The Bertz CT molecular complexity index is 1600. The summed E-state index contributed by atoms with van der Waals surface area (Å²) in [5.41, 5.74) is 5.98. The minimum absolute atomic E-state index is 0.103. The molecule has 0 saturated carbocycles. The van der Waals surface area contributed by atoms with Crippen LogP contribution in [-0.4, -0.2) is 56.3 Å². The van der Waals surface area contributed by atoms with Crippen LogP contribution in [0.1, 0.15) is 34.1 Å². The van der Waals surface area contributed by atoms with Crippen LogP contribution >= 0.6 is 0 Å². The van der Waals surface area contributed by atoms with Crippen molar-refractivity contribution in [3.05, 3.63) is 117 Å². The Morgan fingerprint density at radius 1 is 0.895 bits per heavy atom.